The molecule has 3 heterocycles. The molecule has 0 unspecified atom stereocenters. The van der Waals surface area contributed by atoms with E-state index in [4.69, 9.17) is 4.74 Å². The fourth-order valence-corrected chi connectivity index (χ4v) is 4.52. The van der Waals surface area contributed by atoms with Gasteiger partial charge in [0.1, 0.15) is 5.75 Å². The number of anilines is 2. The van der Waals surface area contributed by atoms with Gasteiger partial charge in [-0.15, -0.1) is 0 Å². The standard InChI is InChI=1S/C24H23F2N3O2/c1-14-22(30)10-16-5-3-7-20(23(16)31-14)29-8-4-6-15-9-18(17-12-27-28(2)13-17)19(24(25)26)11-21(15)29/h3,5,7,9,11-14,24H,4,6,8,10H2,1-2H3/t14-/m1/s1. The molecular weight excluding hydrogens is 400 g/mol. The maximum Gasteiger partial charge on any atom is 0.264 e. The second-order valence-electron chi connectivity index (χ2n) is 8.20. The van der Waals surface area contributed by atoms with Crippen LogP contribution >= 0.6 is 0 Å². The van der Waals surface area contributed by atoms with E-state index < -0.39 is 12.5 Å². The molecule has 160 valence electrons. The number of rotatable bonds is 3. The first kappa shape index (κ1) is 19.7. The smallest absolute Gasteiger partial charge is 0.264 e. The summed E-state index contributed by atoms with van der Waals surface area (Å²) in [5, 5.41) is 4.15. The Hall–Kier alpha value is -3.22. The average molecular weight is 423 g/mol. The molecule has 0 fully saturated rings. The van der Waals surface area contributed by atoms with Gasteiger partial charge in [0.05, 0.1) is 11.9 Å². The summed E-state index contributed by atoms with van der Waals surface area (Å²) in [7, 11) is 1.77. The number of hydrogen-bond donors (Lipinski definition) is 0. The molecule has 3 aromatic rings. The van der Waals surface area contributed by atoms with Crippen molar-refractivity contribution < 1.29 is 18.3 Å². The summed E-state index contributed by atoms with van der Waals surface area (Å²) in [5.41, 5.74) is 4.66. The van der Waals surface area contributed by atoms with Gasteiger partial charge in [-0.05, 0) is 49.1 Å². The average Bonchev–Trinajstić information content (AvgIpc) is 3.19. The van der Waals surface area contributed by atoms with Crippen molar-refractivity contribution in [3.8, 4) is 16.9 Å². The van der Waals surface area contributed by atoms with Crippen LogP contribution in [-0.2, 0) is 24.7 Å². The van der Waals surface area contributed by atoms with Crippen LogP contribution in [0, 0.1) is 0 Å². The number of alkyl halides is 2. The highest BCUT2D eigenvalue weighted by atomic mass is 19.3. The molecule has 0 spiro atoms. The van der Waals surface area contributed by atoms with Crippen LogP contribution in [0.5, 0.6) is 5.75 Å². The van der Waals surface area contributed by atoms with Crippen molar-refractivity contribution in [2.24, 2.45) is 7.05 Å². The Morgan fingerprint density at radius 1 is 1.19 bits per heavy atom. The van der Waals surface area contributed by atoms with Gasteiger partial charge in [0.15, 0.2) is 11.9 Å². The maximum absolute atomic E-state index is 14.1. The topological polar surface area (TPSA) is 47.4 Å². The van der Waals surface area contributed by atoms with Crippen molar-refractivity contribution in [2.45, 2.75) is 38.7 Å². The number of carbonyl (C=O) groups excluding carboxylic acids is 1. The van der Waals surface area contributed by atoms with Gasteiger partial charge in [-0.1, -0.05) is 12.1 Å². The Morgan fingerprint density at radius 2 is 2.03 bits per heavy atom. The first-order valence-electron chi connectivity index (χ1n) is 10.4. The Labute approximate surface area is 179 Å². The van der Waals surface area contributed by atoms with Crippen LogP contribution < -0.4 is 9.64 Å². The maximum atomic E-state index is 14.1. The molecule has 0 aliphatic carbocycles. The van der Waals surface area contributed by atoms with Crippen LogP contribution in [0.1, 0.15) is 36.5 Å². The van der Waals surface area contributed by atoms with Gasteiger partial charge in [0.25, 0.3) is 6.43 Å². The summed E-state index contributed by atoms with van der Waals surface area (Å²) >= 11 is 0. The minimum Gasteiger partial charge on any atom is -0.480 e. The quantitative estimate of drug-likeness (QED) is 0.595. The lowest BCUT2D eigenvalue weighted by molar-refractivity contribution is -0.125. The predicted octanol–water partition coefficient (Wildman–Crippen LogP) is 5.00. The number of para-hydroxylation sites is 1. The summed E-state index contributed by atoms with van der Waals surface area (Å²) in [4.78, 5) is 14.2. The SMILES string of the molecule is C[C@H]1Oc2c(cccc2N2CCCc3cc(-c4cnn(C)c4)c(C(F)F)cc32)CC1=O. The van der Waals surface area contributed by atoms with E-state index >= 15 is 0 Å². The van der Waals surface area contributed by atoms with Crippen molar-refractivity contribution in [2.75, 3.05) is 11.4 Å². The van der Waals surface area contributed by atoms with Gasteiger partial charge in [-0.3, -0.25) is 9.48 Å². The van der Waals surface area contributed by atoms with Gasteiger partial charge in [0.2, 0.25) is 0 Å². The zero-order chi connectivity index (χ0) is 21.7. The second kappa shape index (κ2) is 7.48. The molecule has 7 heteroatoms. The lowest BCUT2D eigenvalue weighted by Crippen LogP contribution is -2.32. The minimum absolute atomic E-state index is 0.00656. The van der Waals surface area contributed by atoms with Crippen molar-refractivity contribution in [1.82, 2.24) is 9.78 Å². The summed E-state index contributed by atoms with van der Waals surface area (Å²) < 4.78 is 35.7. The molecule has 2 aliphatic heterocycles. The van der Waals surface area contributed by atoms with E-state index in [-0.39, 0.29) is 11.3 Å². The first-order valence-corrected chi connectivity index (χ1v) is 10.4. The number of Topliss-reactive ketones (excluding diaryl/α,β-unsaturated/α-hetero) is 1. The molecule has 0 N–H and O–H groups in total. The van der Waals surface area contributed by atoms with E-state index in [0.29, 0.717) is 29.8 Å². The van der Waals surface area contributed by atoms with Crippen LogP contribution in [0.15, 0.2) is 42.7 Å². The van der Waals surface area contributed by atoms with Gasteiger partial charge in [0, 0.05) is 48.6 Å². The zero-order valence-electron chi connectivity index (χ0n) is 17.4. The van der Waals surface area contributed by atoms with Crippen LogP contribution in [0.2, 0.25) is 0 Å². The number of ether oxygens (including phenoxy) is 1. The molecule has 0 bridgehead atoms. The molecule has 5 rings (SSSR count). The van der Waals surface area contributed by atoms with Gasteiger partial charge in [-0.25, -0.2) is 8.78 Å². The number of hydrogen-bond acceptors (Lipinski definition) is 4. The molecule has 0 radical (unpaired) electrons. The second-order valence-corrected chi connectivity index (χ2v) is 8.20. The third kappa shape index (κ3) is 3.38. The number of aromatic nitrogens is 2. The summed E-state index contributed by atoms with van der Waals surface area (Å²) in [6.07, 6.45) is 2.29. The lowest BCUT2D eigenvalue weighted by Gasteiger charge is -2.35. The van der Waals surface area contributed by atoms with E-state index in [1.165, 1.54) is 0 Å². The third-order valence-electron chi connectivity index (χ3n) is 6.10. The van der Waals surface area contributed by atoms with Crippen molar-refractivity contribution >= 4 is 17.2 Å². The van der Waals surface area contributed by atoms with Crippen molar-refractivity contribution in [3.63, 3.8) is 0 Å². The van der Waals surface area contributed by atoms with Crippen molar-refractivity contribution in [1.29, 1.82) is 0 Å². The number of halogens is 2. The molecule has 2 aliphatic rings. The monoisotopic (exact) mass is 423 g/mol. The Morgan fingerprint density at radius 3 is 2.77 bits per heavy atom. The Bertz CT molecular complexity index is 1170. The number of nitrogens with zero attached hydrogens (tertiary/aromatic N) is 3. The summed E-state index contributed by atoms with van der Waals surface area (Å²) in [5.74, 6) is 0.724. The Balaban J connectivity index is 1.64. The number of ketones is 1. The fraction of sp³-hybridized carbons (Fsp3) is 0.333. The molecule has 0 saturated heterocycles. The molecule has 31 heavy (non-hydrogen) atoms. The summed E-state index contributed by atoms with van der Waals surface area (Å²) in [6.45, 7) is 2.45. The molecule has 2 aromatic carbocycles. The lowest BCUT2D eigenvalue weighted by atomic mass is 9.92. The highest BCUT2D eigenvalue weighted by molar-refractivity contribution is 5.89. The number of benzene rings is 2. The number of aryl methyl sites for hydroxylation is 2. The molecule has 1 aromatic heterocycles. The minimum atomic E-state index is -2.61. The van der Waals surface area contributed by atoms with Gasteiger partial charge < -0.3 is 9.64 Å². The normalized spacial score (nSPS) is 18.0. The Kier molecular flexibility index (Phi) is 4.76. The van der Waals surface area contributed by atoms with Crippen LogP contribution in [-0.4, -0.2) is 28.2 Å². The van der Waals surface area contributed by atoms with E-state index in [1.54, 1.807) is 37.1 Å². The van der Waals surface area contributed by atoms with Gasteiger partial charge >= 0.3 is 0 Å². The summed E-state index contributed by atoms with van der Waals surface area (Å²) in [6, 6.07) is 9.21. The highest BCUT2D eigenvalue weighted by Crippen LogP contribution is 2.45. The van der Waals surface area contributed by atoms with Crippen LogP contribution in [0.3, 0.4) is 0 Å². The third-order valence-corrected chi connectivity index (χ3v) is 6.10. The van der Waals surface area contributed by atoms with Crippen molar-refractivity contribution in [3.05, 3.63) is 59.4 Å². The fourth-order valence-electron chi connectivity index (χ4n) is 4.52. The number of carbonyl (C=O) groups is 1. The van der Waals surface area contributed by atoms with E-state index in [1.807, 2.05) is 24.3 Å². The highest BCUT2D eigenvalue weighted by Gasteiger charge is 2.30. The number of fused-ring (bicyclic) bond motifs is 2. The molecule has 0 amide bonds. The van der Waals surface area contributed by atoms with E-state index in [9.17, 15) is 13.6 Å². The molecule has 1 atom stereocenters. The van der Waals surface area contributed by atoms with E-state index in [2.05, 4.69) is 10.00 Å². The first-order chi connectivity index (χ1) is 14.9. The largest absolute Gasteiger partial charge is 0.480 e. The predicted molar refractivity (Wildman–Crippen MR) is 114 cm³/mol. The van der Waals surface area contributed by atoms with E-state index in [0.717, 1.165) is 35.3 Å². The zero-order valence-corrected chi connectivity index (χ0v) is 17.4. The molecule has 0 saturated carbocycles. The molecule has 5 nitrogen and oxygen atoms in total. The molecular formula is C24H23F2N3O2. The van der Waals surface area contributed by atoms with Crippen LogP contribution in [0.4, 0.5) is 20.2 Å². The van der Waals surface area contributed by atoms with Crippen LogP contribution in [0.25, 0.3) is 11.1 Å². The van der Waals surface area contributed by atoms with Gasteiger partial charge in [-0.2, -0.15) is 5.10 Å².